The molecule has 16 heavy (non-hydrogen) atoms. The summed E-state index contributed by atoms with van der Waals surface area (Å²) >= 11 is 0. The zero-order valence-electron chi connectivity index (χ0n) is 10.5. The Kier molecular flexibility index (Phi) is 4.96. The lowest BCUT2D eigenvalue weighted by Crippen LogP contribution is -2.21. The van der Waals surface area contributed by atoms with Crippen LogP contribution in [-0.2, 0) is 0 Å². The van der Waals surface area contributed by atoms with Crippen LogP contribution in [0.1, 0.15) is 27.2 Å². The molecule has 1 aromatic carbocycles. The lowest BCUT2D eigenvalue weighted by molar-refractivity contribution is 0.317. The second-order valence-corrected chi connectivity index (χ2v) is 3.78. The smallest absolute Gasteiger partial charge is 0.123 e. The highest BCUT2D eigenvalue weighted by molar-refractivity contribution is 5.60. The normalized spacial score (nSPS) is 10.2. The van der Waals surface area contributed by atoms with Crippen molar-refractivity contribution in [3.63, 3.8) is 0 Å². The van der Waals surface area contributed by atoms with Gasteiger partial charge in [-0.15, -0.1) is 0 Å². The summed E-state index contributed by atoms with van der Waals surface area (Å²) in [5, 5.41) is 0. The molecule has 1 aromatic rings. The molecular weight excluding hydrogens is 200 g/mol. The van der Waals surface area contributed by atoms with Crippen LogP contribution in [0.25, 0.3) is 0 Å². The third-order valence-corrected chi connectivity index (χ3v) is 2.52. The van der Waals surface area contributed by atoms with Gasteiger partial charge >= 0.3 is 0 Å². The summed E-state index contributed by atoms with van der Waals surface area (Å²) in [6, 6.07) is 5.92. The highest BCUT2D eigenvalue weighted by atomic mass is 16.5. The number of nitrogen functional groups attached to an aromatic ring is 1. The Labute approximate surface area is 98.2 Å². The summed E-state index contributed by atoms with van der Waals surface area (Å²) in [6.45, 7) is 9.07. The van der Waals surface area contributed by atoms with Gasteiger partial charge in [0.15, 0.2) is 0 Å². The fourth-order valence-electron chi connectivity index (χ4n) is 1.68. The van der Waals surface area contributed by atoms with E-state index in [1.165, 1.54) is 0 Å². The van der Waals surface area contributed by atoms with Crippen molar-refractivity contribution < 1.29 is 4.74 Å². The number of benzene rings is 1. The Morgan fingerprint density at radius 3 is 2.38 bits per heavy atom. The Hall–Kier alpha value is -1.38. The van der Waals surface area contributed by atoms with Gasteiger partial charge in [-0.2, -0.15) is 0 Å². The van der Waals surface area contributed by atoms with E-state index in [0.29, 0.717) is 0 Å². The average Bonchev–Trinajstić information content (AvgIpc) is 2.27. The minimum Gasteiger partial charge on any atom is -0.493 e. The highest BCUT2D eigenvalue weighted by Crippen LogP contribution is 2.25. The van der Waals surface area contributed by atoms with E-state index in [1.54, 1.807) is 0 Å². The number of nitrogens with two attached hydrogens (primary N) is 1. The fraction of sp³-hybridized carbons (Fsp3) is 0.538. The van der Waals surface area contributed by atoms with Crippen molar-refractivity contribution in [1.82, 2.24) is 0 Å². The molecule has 0 unspecified atom stereocenters. The van der Waals surface area contributed by atoms with Crippen LogP contribution in [0.4, 0.5) is 11.4 Å². The third-order valence-electron chi connectivity index (χ3n) is 2.52. The van der Waals surface area contributed by atoms with Gasteiger partial charge in [0.25, 0.3) is 0 Å². The first kappa shape index (κ1) is 12.7. The Bertz CT molecular complexity index is 322. The van der Waals surface area contributed by atoms with Crippen LogP contribution < -0.4 is 15.4 Å². The molecule has 2 N–H and O–H groups in total. The van der Waals surface area contributed by atoms with Crippen molar-refractivity contribution in [3.05, 3.63) is 18.2 Å². The molecule has 3 heteroatoms. The Balaban J connectivity index is 2.88. The maximum atomic E-state index is 5.87. The monoisotopic (exact) mass is 222 g/mol. The number of nitrogens with zero attached hydrogens (tertiary/aromatic N) is 1. The molecule has 0 fully saturated rings. The number of hydrogen-bond acceptors (Lipinski definition) is 3. The van der Waals surface area contributed by atoms with E-state index in [2.05, 4.69) is 31.7 Å². The average molecular weight is 222 g/mol. The first-order chi connectivity index (χ1) is 7.71. The standard InChI is InChI=1S/C13H22N2O/c1-4-7-16-13-9-11(14)8-12(10-13)15(5-2)6-3/h8-10H,4-7,14H2,1-3H3. The maximum absolute atomic E-state index is 5.87. The van der Waals surface area contributed by atoms with Crippen molar-refractivity contribution in [2.45, 2.75) is 27.2 Å². The summed E-state index contributed by atoms with van der Waals surface area (Å²) in [4.78, 5) is 2.26. The molecule has 0 bridgehead atoms. The van der Waals surface area contributed by atoms with Crippen LogP contribution in [0.5, 0.6) is 5.75 Å². The van der Waals surface area contributed by atoms with Crippen LogP contribution in [0, 0.1) is 0 Å². The van der Waals surface area contributed by atoms with Crippen LogP contribution in [-0.4, -0.2) is 19.7 Å². The van der Waals surface area contributed by atoms with Crippen molar-refractivity contribution >= 4 is 11.4 Å². The molecule has 0 radical (unpaired) electrons. The first-order valence-corrected chi connectivity index (χ1v) is 5.99. The molecule has 0 aliphatic carbocycles. The van der Waals surface area contributed by atoms with E-state index < -0.39 is 0 Å². The molecule has 1 rings (SSSR count). The van der Waals surface area contributed by atoms with Crippen LogP contribution in [0.3, 0.4) is 0 Å². The molecule has 0 aliphatic heterocycles. The topological polar surface area (TPSA) is 38.5 Å². The van der Waals surface area contributed by atoms with E-state index in [-0.39, 0.29) is 0 Å². The molecule has 0 aliphatic rings. The third kappa shape index (κ3) is 3.33. The van der Waals surface area contributed by atoms with Gasteiger partial charge in [-0.3, -0.25) is 0 Å². The molecule has 3 nitrogen and oxygen atoms in total. The number of hydrogen-bond donors (Lipinski definition) is 1. The van der Waals surface area contributed by atoms with E-state index in [1.807, 2.05) is 12.1 Å². The van der Waals surface area contributed by atoms with E-state index in [4.69, 9.17) is 10.5 Å². The Morgan fingerprint density at radius 1 is 1.12 bits per heavy atom. The van der Waals surface area contributed by atoms with Crippen molar-refractivity contribution in [2.75, 3.05) is 30.3 Å². The second kappa shape index (κ2) is 6.26. The number of anilines is 2. The van der Waals surface area contributed by atoms with E-state index >= 15 is 0 Å². The zero-order valence-corrected chi connectivity index (χ0v) is 10.5. The van der Waals surface area contributed by atoms with Gasteiger partial charge in [-0.1, -0.05) is 6.92 Å². The summed E-state index contributed by atoms with van der Waals surface area (Å²) in [5.74, 6) is 0.865. The largest absolute Gasteiger partial charge is 0.493 e. The predicted molar refractivity (Wildman–Crippen MR) is 70.2 cm³/mol. The van der Waals surface area contributed by atoms with E-state index in [0.717, 1.165) is 43.2 Å². The highest BCUT2D eigenvalue weighted by Gasteiger charge is 2.05. The van der Waals surface area contributed by atoms with Crippen molar-refractivity contribution in [3.8, 4) is 5.75 Å². The number of ether oxygens (including phenoxy) is 1. The van der Waals surface area contributed by atoms with Gasteiger partial charge in [0.2, 0.25) is 0 Å². The van der Waals surface area contributed by atoms with Gasteiger partial charge in [0, 0.05) is 36.6 Å². The molecule has 90 valence electrons. The van der Waals surface area contributed by atoms with Crippen LogP contribution >= 0.6 is 0 Å². The SMILES string of the molecule is CCCOc1cc(N)cc(N(CC)CC)c1. The molecule has 0 spiro atoms. The van der Waals surface area contributed by atoms with Gasteiger partial charge < -0.3 is 15.4 Å². The molecule has 0 heterocycles. The van der Waals surface area contributed by atoms with E-state index in [9.17, 15) is 0 Å². The quantitative estimate of drug-likeness (QED) is 0.752. The molecule has 0 amide bonds. The maximum Gasteiger partial charge on any atom is 0.123 e. The molecule has 0 atom stereocenters. The van der Waals surface area contributed by atoms with Crippen molar-refractivity contribution in [2.24, 2.45) is 0 Å². The minimum absolute atomic E-state index is 0.737. The molecule has 0 saturated carbocycles. The van der Waals surface area contributed by atoms with Crippen molar-refractivity contribution in [1.29, 1.82) is 0 Å². The summed E-state index contributed by atoms with van der Waals surface area (Å²) in [6.07, 6.45) is 1.01. The molecule has 0 saturated heterocycles. The summed E-state index contributed by atoms with van der Waals surface area (Å²) in [5.41, 5.74) is 7.77. The lowest BCUT2D eigenvalue weighted by atomic mass is 10.2. The number of rotatable bonds is 6. The van der Waals surface area contributed by atoms with Gasteiger partial charge in [-0.25, -0.2) is 0 Å². The second-order valence-electron chi connectivity index (χ2n) is 3.78. The van der Waals surface area contributed by atoms with Crippen LogP contribution in [0.15, 0.2) is 18.2 Å². The fourth-order valence-corrected chi connectivity index (χ4v) is 1.68. The van der Waals surface area contributed by atoms with Gasteiger partial charge in [0.05, 0.1) is 6.61 Å². The summed E-state index contributed by atoms with van der Waals surface area (Å²) in [7, 11) is 0. The van der Waals surface area contributed by atoms with Gasteiger partial charge in [-0.05, 0) is 26.3 Å². The predicted octanol–water partition coefficient (Wildman–Crippen LogP) is 2.90. The Morgan fingerprint density at radius 2 is 1.81 bits per heavy atom. The molecular formula is C13H22N2O. The molecule has 0 aromatic heterocycles. The first-order valence-electron chi connectivity index (χ1n) is 5.99. The summed E-state index contributed by atoms with van der Waals surface area (Å²) < 4.78 is 5.61. The minimum atomic E-state index is 0.737. The zero-order chi connectivity index (χ0) is 12.0. The van der Waals surface area contributed by atoms with Gasteiger partial charge in [0.1, 0.15) is 5.75 Å². The lowest BCUT2D eigenvalue weighted by Gasteiger charge is -2.22. The van der Waals surface area contributed by atoms with Crippen LogP contribution in [0.2, 0.25) is 0 Å².